The van der Waals surface area contributed by atoms with E-state index in [1.807, 2.05) is 17.4 Å². The van der Waals surface area contributed by atoms with E-state index < -0.39 is 0 Å². The zero-order valence-corrected chi connectivity index (χ0v) is 17.2. The maximum absolute atomic E-state index is 9.50. The van der Waals surface area contributed by atoms with Gasteiger partial charge in [0, 0.05) is 25.0 Å². The van der Waals surface area contributed by atoms with Gasteiger partial charge in [0.05, 0.1) is 0 Å². The lowest BCUT2D eigenvalue weighted by atomic mass is 9.88. The van der Waals surface area contributed by atoms with Gasteiger partial charge in [-0.3, -0.25) is 0 Å². The highest BCUT2D eigenvalue weighted by atomic mass is 32.1. The monoisotopic (exact) mass is 403 g/mol. The molecule has 0 amide bonds. The molecule has 7 rings (SSSR count). The van der Waals surface area contributed by atoms with Crippen LogP contribution in [0, 0.1) is 18.3 Å². The zero-order valence-electron chi connectivity index (χ0n) is 15.5. The Labute approximate surface area is 174 Å². The Bertz CT molecular complexity index is 1830. The fourth-order valence-electron chi connectivity index (χ4n) is 5.03. The Morgan fingerprint density at radius 3 is 1.86 bits per heavy atom. The molecule has 2 heterocycles. The quantitative estimate of drug-likeness (QED) is 0.184. The Hall–Kier alpha value is -3.19. The van der Waals surface area contributed by atoms with E-state index in [4.69, 9.17) is 0 Å². The molecule has 7 aromatic rings. The molecule has 0 N–H and O–H groups in total. The lowest BCUT2D eigenvalue weighted by Gasteiger charge is -2.16. The second-order valence-corrected chi connectivity index (χ2v) is 10.0. The molecule has 0 aliphatic carbocycles. The Morgan fingerprint density at radius 2 is 1.24 bits per heavy atom. The van der Waals surface area contributed by atoms with Gasteiger partial charge < -0.3 is 0 Å². The molecule has 3 heteroatoms. The van der Waals surface area contributed by atoms with E-state index in [-0.39, 0.29) is 0 Å². The molecular weight excluding hydrogens is 390 g/mol. The molecule has 29 heavy (non-hydrogen) atoms. The van der Waals surface area contributed by atoms with Crippen molar-refractivity contribution in [2.24, 2.45) is 0 Å². The topological polar surface area (TPSA) is 23.8 Å². The molecule has 0 unspecified atom stereocenters. The summed E-state index contributed by atoms with van der Waals surface area (Å²) in [6, 6.07) is 24.6. The number of benzene rings is 5. The summed E-state index contributed by atoms with van der Waals surface area (Å²) >= 11 is 3.50. The van der Waals surface area contributed by atoms with Gasteiger partial charge in [0.15, 0.2) is 0 Å². The maximum atomic E-state index is 9.50. The van der Waals surface area contributed by atoms with Gasteiger partial charge >= 0.3 is 0 Å². The van der Waals surface area contributed by atoms with E-state index in [1.165, 1.54) is 68.1 Å². The van der Waals surface area contributed by atoms with Crippen molar-refractivity contribution in [1.29, 1.82) is 5.26 Å². The van der Waals surface area contributed by atoms with Crippen LogP contribution in [0.1, 0.15) is 9.75 Å². The van der Waals surface area contributed by atoms with Crippen LogP contribution in [0.25, 0.3) is 63.3 Å². The van der Waals surface area contributed by atoms with Gasteiger partial charge in [-0.15, -0.1) is 22.7 Å². The van der Waals surface area contributed by atoms with Gasteiger partial charge in [0.2, 0.25) is 0 Å². The van der Waals surface area contributed by atoms with Crippen molar-refractivity contribution >= 4 is 85.9 Å². The summed E-state index contributed by atoms with van der Waals surface area (Å²) < 4.78 is 2.60. The van der Waals surface area contributed by atoms with Gasteiger partial charge in [-0.05, 0) is 74.3 Å². The highest BCUT2D eigenvalue weighted by Crippen LogP contribution is 2.48. The normalized spacial score (nSPS) is 12.3. The van der Waals surface area contributed by atoms with Crippen LogP contribution in [-0.4, -0.2) is 0 Å². The smallest absolute Gasteiger partial charge is 0.110 e. The SMILES string of the molecule is Cc1cc2cc3cccc4c3c(c3cccc5cc6cc(C#N)sc6c4c53)c2s1. The number of aryl methyl sites for hydroxylation is 1. The van der Waals surface area contributed by atoms with Gasteiger partial charge in [-0.1, -0.05) is 36.4 Å². The molecule has 0 atom stereocenters. The third-order valence-corrected chi connectivity index (χ3v) is 8.22. The van der Waals surface area contributed by atoms with E-state index in [1.54, 1.807) is 11.3 Å². The zero-order chi connectivity index (χ0) is 19.3. The van der Waals surface area contributed by atoms with Crippen LogP contribution in [0.2, 0.25) is 0 Å². The minimum Gasteiger partial charge on any atom is -0.192 e. The third kappa shape index (κ3) is 1.88. The van der Waals surface area contributed by atoms with E-state index >= 15 is 0 Å². The molecule has 0 aliphatic heterocycles. The van der Waals surface area contributed by atoms with Crippen molar-refractivity contribution in [3.63, 3.8) is 0 Å². The first-order chi connectivity index (χ1) is 14.2. The average Bonchev–Trinajstić information content (AvgIpc) is 3.31. The summed E-state index contributed by atoms with van der Waals surface area (Å²) in [4.78, 5) is 2.12. The third-order valence-electron chi connectivity index (χ3n) is 6.06. The Morgan fingerprint density at radius 1 is 0.655 bits per heavy atom. The van der Waals surface area contributed by atoms with Crippen molar-refractivity contribution in [3.8, 4) is 6.07 Å². The molecule has 0 fully saturated rings. The largest absolute Gasteiger partial charge is 0.192 e. The van der Waals surface area contributed by atoms with E-state index in [9.17, 15) is 5.26 Å². The number of fused-ring (bicyclic) bond motifs is 6. The van der Waals surface area contributed by atoms with Crippen molar-refractivity contribution in [2.75, 3.05) is 0 Å². The number of thiophene rings is 2. The average molecular weight is 404 g/mol. The molecule has 0 aliphatic rings. The second-order valence-electron chi connectivity index (χ2n) is 7.73. The predicted molar refractivity (Wildman–Crippen MR) is 128 cm³/mol. The maximum Gasteiger partial charge on any atom is 0.110 e. The van der Waals surface area contributed by atoms with Crippen LogP contribution in [0.5, 0.6) is 0 Å². The minimum atomic E-state index is 0.774. The Balaban J connectivity index is 1.94. The minimum absolute atomic E-state index is 0.774. The summed E-state index contributed by atoms with van der Waals surface area (Å²) in [5.41, 5.74) is 0. The van der Waals surface area contributed by atoms with Crippen LogP contribution in [0.3, 0.4) is 0 Å². The van der Waals surface area contributed by atoms with Crippen LogP contribution in [0.15, 0.2) is 60.7 Å². The molecule has 0 saturated carbocycles. The molecule has 0 saturated heterocycles. The number of rotatable bonds is 0. The Kier molecular flexibility index (Phi) is 2.84. The number of nitrogens with zero attached hydrogens (tertiary/aromatic N) is 1. The summed E-state index contributed by atoms with van der Waals surface area (Å²) in [5.74, 6) is 0. The van der Waals surface area contributed by atoms with Crippen LogP contribution in [0.4, 0.5) is 0 Å². The van der Waals surface area contributed by atoms with Crippen molar-refractivity contribution in [2.45, 2.75) is 6.92 Å². The van der Waals surface area contributed by atoms with E-state index in [2.05, 4.69) is 67.6 Å². The molecule has 0 spiro atoms. The molecule has 134 valence electrons. The molecular formula is C26H13NS2. The van der Waals surface area contributed by atoms with Crippen molar-refractivity contribution in [1.82, 2.24) is 0 Å². The van der Waals surface area contributed by atoms with Gasteiger partial charge in [-0.25, -0.2) is 0 Å². The van der Waals surface area contributed by atoms with Gasteiger partial charge in [0.25, 0.3) is 0 Å². The summed E-state index contributed by atoms with van der Waals surface area (Å²) in [6.45, 7) is 2.19. The predicted octanol–water partition coefficient (Wildman–Crippen LogP) is 8.35. The molecule has 2 aromatic heterocycles. The van der Waals surface area contributed by atoms with Crippen molar-refractivity contribution in [3.05, 3.63) is 70.4 Å². The number of nitriles is 1. The van der Waals surface area contributed by atoms with Crippen molar-refractivity contribution < 1.29 is 0 Å². The molecule has 0 radical (unpaired) electrons. The van der Waals surface area contributed by atoms with Gasteiger partial charge in [-0.2, -0.15) is 5.26 Å². The standard InChI is InChI=1S/C26H13NS2/c1-13-8-16-9-14-4-2-7-20-21(14)23(25(16)28-13)19-6-3-5-15-10-17-11-18(12-27)29-26(17)24(20)22(15)19/h2-11H,1H3. The summed E-state index contributed by atoms with van der Waals surface area (Å²) in [5, 5.41) is 22.5. The fraction of sp³-hybridized carbons (Fsp3) is 0.0385. The first-order valence-electron chi connectivity index (χ1n) is 9.59. The van der Waals surface area contributed by atoms with E-state index in [0.29, 0.717) is 0 Å². The molecule has 0 bridgehead atoms. The first kappa shape index (κ1) is 15.7. The molecule has 5 aromatic carbocycles. The number of hydrogen-bond acceptors (Lipinski definition) is 3. The van der Waals surface area contributed by atoms with Crippen LogP contribution < -0.4 is 0 Å². The summed E-state index contributed by atoms with van der Waals surface area (Å²) in [7, 11) is 0. The second kappa shape index (κ2) is 5.24. The molecule has 1 nitrogen and oxygen atoms in total. The van der Waals surface area contributed by atoms with Gasteiger partial charge in [0.1, 0.15) is 10.9 Å². The summed E-state index contributed by atoms with van der Waals surface area (Å²) in [6.07, 6.45) is 0. The highest BCUT2D eigenvalue weighted by Gasteiger charge is 2.19. The lowest BCUT2D eigenvalue weighted by Crippen LogP contribution is -1.87. The first-order valence-corrected chi connectivity index (χ1v) is 11.2. The lowest BCUT2D eigenvalue weighted by molar-refractivity contribution is 1.52. The number of hydrogen-bond donors (Lipinski definition) is 0. The highest BCUT2D eigenvalue weighted by molar-refractivity contribution is 7.21. The van der Waals surface area contributed by atoms with Crippen LogP contribution >= 0.6 is 22.7 Å². The van der Waals surface area contributed by atoms with Crippen LogP contribution in [-0.2, 0) is 0 Å². The fourth-order valence-corrected chi connectivity index (χ4v) is 7.09. The van der Waals surface area contributed by atoms with E-state index in [0.717, 1.165) is 4.88 Å².